The fraction of sp³-hybridized carbons (Fsp3) is 0.200. The van der Waals surface area contributed by atoms with Crippen LogP contribution in [0.5, 0.6) is 0 Å². The summed E-state index contributed by atoms with van der Waals surface area (Å²) >= 11 is 1.60. The topological polar surface area (TPSA) is 37.8 Å². The maximum absolute atomic E-state index is 4.22. The van der Waals surface area contributed by atoms with E-state index >= 15 is 0 Å². The van der Waals surface area contributed by atoms with E-state index in [1.807, 2.05) is 24.6 Å². The highest BCUT2D eigenvalue weighted by Crippen LogP contribution is 2.11. The lowest BCUT2D eigenvalue weighted by Gasteiger charge is -2.02. The van der Waals surface area contributed by atoms with Crippen molar-refractivity contribution in [1.29, 1.82) is 0 Å². The number of aromatic nitrogens is 2. The summed E-state index contributed by atoms with van der Waals surface area (Å²) in [5.74, 6) is 0. The van der Waals surface area contributed by atoms with Gasteiger partial charge in [0.2, 0.25) is 0 Å². The first kappa shape index (κ1) is 9.15. The molecule has 4 heteroatoms. The van der Waals surface area contributed by atoms with Crippen LogP contribution in [0.15, 0.2) is 29.9 Å². The van der Waals surface area contributed by atoms with Crippen LogP contribution in [0.25, 0.3) is 0 Å². The average Bonchev–Trinajstić information content (AvgIpc) is 2.70. The van der Waals surface area contributed by atoms with Crippen molar-refractivity contribution in [2.75, 3.05) is 5.32 Å². The third-order valence-electron chi connectivity index (χ3n) is 1.85. The zero-order valence-electron chi connectivity index (χ0n) is 7.90. The van der Waals surface area contributed by atoms with Gasteiger partial charge in [-0.25, -0.2) is 4.98 Å². The molecule has 0 spiro atoms. The Bertz CT molecular complexity index is 380. The van der Waals surface area contributed by atoms with Crippen molar-refractivity contribution in [3.63, 3.8) is 0 Å². The van der Waals surface area contributed by atoms with Gasteiger partial charge in [-0.15, -0.1) is 11.3 Å². The van der Waals surface area contributed by atoms with Crippen molar-refractivity contribution in [1.82, 2.24) is 9.97 Å². The molecule has 2 rings (SSSR count). The fourth-order valence-corrected chi connectivity index (χ4v) is 1.62. The number of hydrogen-bond donors (Lipinski definition) is 1. The molecule has 0 aliphatic carbocycles. The standard InChI is InChI=1S/C10H11N3S/c1-8-2-3-9(6-12-8)7-13-10-11-4-5-14-10/h2-6H,7H2,1H3,(H,11,13). The Balaban J connectivity index is 1.95. The molecular weight excluding hydrogens is 194 g/mol. The Hall–Kier alpha value is -1.42. The van der Waals surface area contributed by atoms with Crippen molar-refractivity contribution in [3.8, 4) is 0 Å². The Labute approximate surface area is 86.8 Å². The number of aryl methyl sites for hydroxylation is 1. The van der Waals surface area contributed by atoms with Crippen molar-refractivity contribution in [2.24, 2.45) is 0 Å². The second kappa shape index (κ2) is 4.19. The van der Waals surface area contributed by atoms with Gasteiger partial charge >= 0.3 is 0 Å². The summed E-state index contributed by atoms with van der Waals surface area (Å²) in [7, 11) is 0. The number of anilines is 1. The summed E-state index contributed by atoms with van der Waals surface area (Å²) in [5.41, 5.74) is 2.22. The lowest BCUT2D eigenvalue weighted by Crippen LogP contribution is -1.99. The van der Waals surface area contributed by atoms with Crippen molar-refractivity contribution >= 4 is 16.5 Å². The summed E-state index contributed by atoms with van der Waals surface area (Å²) < 4.78 is 0. The Morgan fingerprint density at radius 3 is 2.93 bits per heavy atom. The van der Waals surface area contributed by atoms with Gasteiger partial charge in [-0.05, 0) is 18.6 Å². The summed E-state index contributed by atoms with van der Waals surface area (Å²) in [6.07, 6.45) is 3.68. The molecule has 0 atom stereocenters. The monoisotopic (exact) mass is 205 g/mol. The molecule has 0 saturated carbocycles. The number of nitrogens with zero attached hydrogens (tertiary/aromatic N) is 2. The van der Waals surface area contributed by atoms with E-state index in [-0.39, 0.29) is 0 Å². The van der Waals surface area contributed by atoms with Gasteiger partial charge in [0, 0.05) is 30.0 Å². The largest absolute Gasteiger partial charge is 0.357 e. The van der Waals surface area contributed by atoms with Gasteiger partial charge in [0.05, 0.1) is 0 Å². The third-order valence-corrected chi connectivity index (χ3v) is 2.58. The van der Waals surface area contributed by atoms with Crippen LogP contribution in [-0.4, -0.2) is 9.97 Å². The van der Waals surface area contributed by atoms with Crippen LogP contribution >= 0.6 is 11.3 Å². The average molecular weight is 205 g/mol. The van der Waals surface area contributed by atoms with Crippen LogP contribution in [0.3, 0.4) is 0 Å². The van der Waals surface area contributed by atoms with E-state index in [2.05, 4.69) is 21.4 Å². The SMILES string of the molecule is Cc1ccc(CNc2nccs2)cn1. The molecule has 0 saturated heterocycles. The molecule has 0 aliphatic heterocycles. The lowest BCUT2D eigenvalue weighted by molar-refractivity contribution is 1.08. The third kappa shape index (κ3) is 2.29. The predicted octanol–water partition coefficient (Wildman–Crippen LogP) is 2.46. The van der Waals surface area contributed by atoms with E-state index in [4.69, 9.17) is 0 Å². The molecule has 0 fully saturated rings. The molecule has 0 radical (unpaired) electrons. The smallest absolute Gasteiger partial charge is 0.182 e. The normalized spacial score (nSPS) is 10.1. The predicted molar refractivity (Wildman–Crippen MR) is 58.4 cm³/mol. The zero-order chi connectivity index (χ0) is 9.80. The van der Waals surface area contributed by atoms with Gasteiger partial charge in [-0.3, -0.25) is 4.98 Å². The fourth-order valence-electron chi connectivity index (χ4n) is 1.09. The molecular formula is C10H11N3S. The summed E-state index contributed by atoms with van der Waals surface area (Å²) in [4.78, 5) is 8.36. The maximum atomic E-state index is 4.22. The van der Waals surface area contributed by atoms with Crippen LogP contribution in [0.4, 0.5) is 5.13 Å². The molecule has 0 bridgehead atoms. The van der Waals surface area contributed by atoms with Crippen LogP contribution in [0, 0.1) is 6.92 Å². The van der Waals surface area contributed by atoms with E-state index < -0.39 is 0 Å². The number of hydrogen-bond acceptors (Lipinski definition) is 4. The van der Waals surface area contributed by atoms with Crippen LogP contribution in [-0.2, 0) is 6.54 Å². The Morgan fingerprint density at radius 1 is 1.36 bits per heavy atom. The molecule has 1 N–H and O–H groups in total. The first-order valence-corrected chi connectivity index (χ1v) is 5.27. The van der Waals surface area contributed by atoms with Gasteiger partial charge < -0.3 is 5.32 Å². The van der Waals surface area contributed by atoms with Crippen molar-refractivity contribution in [2.45, 2.75) is 13.5 Å². The molecule has 2 heterocycles. The first-order valence-electron chi connectivity index (χ1n) is 4.39. The summed E-state index contributed by atoms with van der Waals surface area (Å²) in [6, 6.07) is 4.09. The van der Waals surface area contributed by atoms with E-state index in [0.717, 1.165) is 17.4 Å². The molecule has 72 valence electrons. The summed E-state index contributed by atoms with van der Waals surface area (Å²) in [6.45, 7) is 2.76. The van der Waals surface area contributed by atoms with E-state index in [1.54, 1.807) is 17.5 Å². The van der Waals surface area contributed by atoms with E-state index in [1.165, 1.54) is 5.56 Å². The second-order valence-electron chi connectivity index (χ2n) is 3.00. The molecule has 2 aromatic heterocycles. The lowest BCUT2D eigenvalue weighted by atomic mass is 10.2. The number of nitrogens with one attached hydrogen (secondary N) is 1. The van der Waals surface area contributed by atoms with Gasteiger partial charge in [0.25, 0.3) is 0 Å². The van der Waals surface area contributed by atoms with Gasteiger partial charge in [-0.2, -0.15) is 0 Å². The Kier molecular flexibility index (Phi) is 2.74. The highest BCUT2D eigenvalue weighted by molar-refractivity contribution is 7.13. The molecule has 0 aliphatic rings. The second-order valence-corrected chi connectivity index (χ2v) is 3.89. The minimum absolute atomic E-state index is 0.779. The van der Waals surface area contributed by atoms with Gasteiger partial charge in [0.15, 0.2) is 5.13 Å². The maximum Gasteiger partial charge on any atom is 0.182 e. The van der Waals surface area contributed by atoms with Crippen molar-refractivity contribution in [3.05, 3.63) is 41.2 Å². The number of pyridine rings is 1. The Morgan fingerprint density at radius 2 is 2.29 bits per heavy atom. The molecule has 0 unspecified atom stereocenters. The summed E-state index contributed by atoms with van der Waals surface area (Å²) in [5, 5.41) is 6.13. The molecule has 0 amide bonds. The highest BCUT2D eigenvalue weighted by atomic mass is 32.1. The number of rotatable bonds is 3. The van der Waals surface area contributed by atoms with Crippen LogP contribution in [0.2, 0.25) is 0 Å². The van der Waals surface area contributed by atoms with Crippen LogP contribution in [0.1, 0.15) is 11.3 Å². The number of thiazole rings is 1. The molecule has 3 nitrogen and oxygen atoms in total. The quantitative estimate of drug-likeness (QED) is 0.836. The minimum atomic E-state index is 0.779. The first-order chi connectivity index (χ1) is 6.84. The van der Waals surface area contributed by atoms with Crippen molar-refractivity contribution < 1.29 is 0 Å². The van der Waals surface area contributed by atoms with Crippen LogP contribution < -0.4 is 5.32 Å². The highest BCUT2D eigenvalue weighted by Gasteiger charge is 1.95. The van der Waals surface area contributed by atoms with Gasteiger partial charge in [-0.1, -0.05) is 6.07 Å². The van der Waals surface area contributed by atoms with E-state index in [0.29, 0.717) is 0 Å². The molecule has 0 aromatic carbocycles. The zero-order valence-corrected chi connectivity index (χ0v) is 8.71. The minimum Gasteiger partial charge on any atom is -0.357 e. The van der Waals surface area contributed by atoms with E-state index in [9.17, 15) is 0 Å². The molecule has 14 heavy (non-hydrogen) atoms. The molecule has 2 aromatic rings. The van der Waals surface area contributed by atoms with Gasteiger partial charge in [0.1, 0.15) is 0 Å².